The van der Waals surface area contributed by atoms with Crippen molar-refractivity contribution in [1.29, 1.82) is 0 Å². The molecule has 0 radical (unpaired) electrons. The molecule has 0 heterocycles. The Balaban J connectivity index is 0.000000659. The van der Waals surface area contributed by atoms with Gasteiger partial charge in [0.25, 0.3) is 0 Å². The molecule has 0 saturated heterocycles. The minimum absolute atomic E-state index is 1.00. The van der Waals surface area contributed by atoms with Gasteiger partial charge in [-0.2, -0.15) is 0 Å². The van der Waals surface area contributed by atoms with Gasteiger partial charge in [0.05, 0.1) is 0 Å². The molecule has 96 valence electrons. The number of benzene rings is 2. The molecule has 2 heteroatoms. The van der Waals surface area contributed by atoms with Crippen LogP contribution in [0, 0.1) is 13.8 Å². The lowest BCUT2D eigenvalue weighted by atomic mass is 10.0. The molecule has 18 heavy (non-hydrogen) atoms. The van der Waals surface area contributed by atoms with Gasteiger partial charge in [0.1, 0.15) is 6.79 Å². The van der Waals surface area contributed by atoms with Gasteiger partial charge in [0, 0.05) is 7.11 Å². The highest BCUT2D eigenvalue weighted by Crippen LogP contribution is 2.19. The van der Waals surface area contributed by atoms with Crippen LogP contribution in [0.3, 0.4) is 0 Å². The fraction of sp³-hybridized carbons (Fsp3) is 0.188. The van der Waals surface area contributed by atoms with Crippen LogP contribution in [-0.4, -0.2) is 19.0 Å². The maximum Gasteiger partial charge on any atom is 0.106 e. The molecule has 0 atom stereocenters. The van der Waals surface area contributed by atoms with E-state index < -0.39 is 0 Å². The summed E-state index contributed by atoms with van der Waals surface area (Å²) in [7, 11) is 1.00. The summed E-state index contributed by atoms with van der Waals surface area (Å²) in [5.41, 5.74) is 5.19. The molecule has 0 saturated carbocycles. The monoisotopic (exact) mass is 244 g/mol. The second-order valence-corrected chi connectivity index (χ2v) is 3.73. The summed E-state index contributed by atoms with van der Waals surface area (Å²) < 4.78 is 0. The van der Waals surface area contributed by atoms with Gasteiger partial charge in [-0.1, -0.05) is 59.7 Å². The SMILES string of the molecule is C=O.CO.Cc1ccc(-c2ccc(C)cc2)cc1. The van der Waals surface area contributed by atoms with E-state index in [1.165, 1.54) is 22.3 Å². The summed E-state index contributed by atoms with van der Waals surface area (Å²) >= 11 is 0. The van der Waals surface area contributed by atoms with Gasteiger partial charge >= 0.3 is 0 Å². The largest absolute Gasteiger partial charge is 0.400 e. The lowest BCUT2D eigenvalue weighted by Gasteiger charge is -2.02. The molecule has 2 rings (SSSR count). The molecule has 2 aromatic carbocycles. The van der Waals surface area contributed by atoms with E-state index in [0.29, 0.717) is 0 Å². The van der Waals surface area contributed by atoms with Crippen molar-refractivity contribution in [2.75, 3.05) is 7.11 Å². The zero-order valence-electron chi connectivity index (χ0n) is 11.2. The Kier molecular flexibility index (Phi) is 8.16. The number of hydrogen-bond donors (Lipinski definition) is 1. The van der Waals surface area contributed by atoms with Gasteiger partial charge in [-0.15, -0.1) is 0 Å². The van der Waals surface area contributed by atoms with Crippen LogP contribution >= 0.6 is 0 Å². The summed E-state index contributed by atoms with van der Waals surface area (Å²) in [5, 5.41) is 7.00. The topological polar surface area (TPSA) is 37.3 Å². The Hall–Kier alpha value is -1.93. The van der Waals surface area contributed by atoms with Crippen molar-refractivity contribution in [3.05, 3.63) is 59.7 Å². The maximum absolute atomic E-state index is 8.00. The third kappa shape index (κ3) is 4.93. The average molecular weight is 244 g/mol. The Labute approximate surface area is 109 Å². The molecule has 0 spiro atoms. The van der Waals surface area contributed by atoms with Gasteiger partial charge in [0.15, 0.2) is 0 Å². The van der Waals surface area contributed by atoms with Crippen molar-refractivity contribution >= 4 is 6.79 Å². The summed E-state index contributed by atoms with van der Waals surface area (Å²) in [4.78, 5) is 8.00. The van der Waals surface area contributed by atoms with E-state index in [1.54, 1.807) is 0 Å². The van der Waals surface area contributed by atoms with Gasteiger partial charge in [-0.05, 0) is 25.0 Å². The number of hydrogen-bond acceptors (Lipinski definition) is 2. The molecular formula is C16H20O2. The third-order valence-electron chi connectivity index (χ3n) is 2.44. The number of carbonyl (C=O) groups excluding carboxylic acids is 1. The van der Waals surface area contributed by atoms with E-state index >= 15 is 0 Å². The molecular weight excluding hydrogens is 224 g/mol. The first kappa shape index (κ1) is 16.1. The number of rotatable bonds is 1. The Bertz CT molecular complexity index is 386. The Morgan fingerprint density at radius 1 is 0.667 bits per heavy atom. The molecule has 0 amide bonds. The van der Waals surface area contributed by atoms with Crippen LogP contribution in [0.15, 0.2) is 48.5 Å². The zero-order valence-corrected chi connectivity index (χ0v) is 11.2. The molecule has 0 aliphatic carbocycles. The molecule has 0 unspecified atom stereocenters. The highest BCUT2D eigenvalue weighted by Gasteiger charge is 1.95. The molecule has 0 aliphatic rings. The molecule has 0 fully saturated rings. The van der Waals surface area contributed by atoms with E-state index in [4.69, 9.17) is 9.90 Å². The first-order valence-electron chi connectivity index (χ1n) is 5.63. The molecule has 1 N–H and O–H groups in total. The second-order valence-electron chi connectivity index (χ2n) is 3.73. The van der Waals surface area contributed by atoms with Crippen LogP contribution in [0.5, 0.6) is 0 Å². The first-order valence-corrected chi connectivity index (χ1v) is 5.63. The zero-order chi connectivity index (χ0) is 14.0. The van der Waals surface area contributed by atoms with E-state index in [9.17, 15) is 0 Å². The average Bonchev–Trinajstić information content (AvgIpc) is 2.45. The minimum Gasteiger partial charge on any atom is -0.400 e. The smallest absolute Gasteiger partial charge is 0.106 e. The van der Waals surface area contributed by atoms with Crippen LogP contribution in [-0.2, 0) is 4.79 Å². The van der Waals surface area contributed by atoms with Crippen LogP contribution in [0.1, 0.15) is 11.1 Å². The van der Waals surface area contributed by atoms with E-state index in [0.717, 1.165) is 7.11 Å². The number of aliphatic hydroxyl groups excluding tert-OH is 1. The van der Waals surface area contributed by atoms with Crippen LogP contribution in [0.4, 0.5) is 0 Å². The lowest BCUT2D eigenvalue weighted by Crippen LogP contribution is -1.78. The second kappa shape index (κ2) is 9.14. The third-order valence-corrected chi connectivity index (χ3v) is 2.44. The highest BCUT2D eigenvalue weighted by atomic mass is 16.2. The maximum atomic E-state index is 8.00. The van der Waals surface area contributed by atoms with Crippen molar-refractivity contribution < 1.29 is 9.90 Å². The summed E-state index contributed by atoms with van der Waals surface area (Å²) in [6.07, 6.45) is 0. The van der Waals surface area contributed by atoms with E-state index in [1.807, 2.05) is 6.79 Å². The fourth-order valence-electron chi connectivity index (χ4n) is 1.49. The van der Waals surface area contributed by atoms with Gasteiger partial charge in [-0.3, -0.25) is 0 Å². The van der Waals surface area contributed by atoms with Crippen LogP contribution in [0.25, 0.3) is 11.1 Å². The number of aliphatic hydroxyl groups is 1. The lowest BCUT2D eigenvalue weighted by molar-refractivity contribution is -0.0979. The quantitative estimate of drug-likeness (QED) is 0.834. The first-order chi connectivity index (χ1) is 8.75. The van der Waals surface area contributed by atoms with E-state index in [-0.39, 0.29) is 0 Å². The predicted octanol–water partition coefficient (Wildman–Crippen LogP) is 3.39. The van der Waals surface area contributed by atoms with Crippen molar-refractivity contribution in [3.8, 4) is 11.1 Å². The van der Waals surface area contributed by atoms with Gasteiger partial charge < -0.3 is 9.90 Å². The summed E-state index contributed by atoms with van der Waals surface area (Å²) in [6, 6.07) is 17.3. The number of carbonyl (C=O) groups is 1. The molecule has 2 aromatic rings. The van der Waals surface area contributed by atoms with Gasteiger partial charge in [-0.25, -0.2) is 0 Å². The molecule has 0 bridgehead atoms. The van der Waals surface area contributed by atoms with Gasteiger partial charge in [0.2, 0.25) is 0 Å². The predicted molar refractivity (Wildman–Crippen MR) is 76.6 cm³/mol. The minimum atomic E-state index is 1.00. The van der Waals surface area contributed by atoms with E-state index in [2.05, 4.69) is 62.4 Å². The Morgan fingerprint density at radius 2 is 0.889 bits per heavy atom. The van der Waals surface area contributed by atoms with Crippen LogP contribution in [0.2, 0.25) is 0 Å². The summed E-state index contributed by atoms with van der Waals surface area (Å²) in [6.45, 7) is 6.22. The van der Waals surface area contributed by atoms with Crippen LogP contribution < -0.4 is 0 Å². The Morgan fingerprint density at radius 3 is 1.11 bits per heavy atom. The number of aryl methyl sites for hydroxylation is 2. The normalized spacial score (nSPS) is 8.44. The van der Waals surface area contributed by atoms with Crippen molar-refractivity contribution in [3.63, 3.8) is 0 Å². The van der Waals surface area contributed by atoms with Crippen molar-refractivity contribution in [2.45, 2.75) is 13.8 Å². The highest BCUT2D eigenvalue weighted by molar-refractivity contribution is 5.63. The standard InChI is InChI=1S/C14H14.CH4O.CH2O/c1-11-3-7-13(8-4-11)14-9-5-12(2)6-10-14;2*1-2/h3-10H,1-2H3;2H,1H3;1H2. The molecule has 2 nitrogen and oxygen atoms in total. The molecule has 0 aliphatic heterocycles. The fourth-order valence-corrected chi connectivity index (χ4v) is 1.49. The molecule has 0 aromatic heterocycles. The van der Waals surface area contributed by atoms with Crippen molar-refractivity contribution in [2.24, 2.45) is 0 Å². The summed E-state index contributed by atoms with van der Waals surface area (Å²) in [5.74, 6) is 0. The van der Waals surface area contributed by atoms with Crippen molar-refractivity contribution in [1.82, 2.24) is 0 Å².